The molecule has 63 heavy (non-hydrogen) atoms. The highest BCUT2D eigenvalue weighted by molar-refractivity contribution is 6.31. The largest absolute Gasteiger partial charge is 0.393 e. The first-order valence-electron chi connectivity index (χ1n) is 22.0. The minimum Gasteiger partial charge on any atom is -0.393 e. The monoisotopic (exact) mass is 902 g/mol. The molecular formula is C48H48Cl2F4N6O3. The van der Waals surface area contributed by atoms with Crippen molar-refractivity contribution in [3.05, 3.63) is 106 Å². The summed E-state index contributed by atoms with van der Waals surface area (Å²) in [7, 11) is 0. The number of fused-ring (bicyclic) bond motifs is 2. The molecule has 0 saturated heterocycles. The van der Waals surface area contributed by atoms with Crippen LogP contribution in [-0.4, -0.2) is 54.2 Å². The molecule has 6 aromatic rings. The highest BCUT2D eigenvalue weighted by atomic mass is 35.5. The number of carbonyl (C=O) groups excluding carboxylic acids is 2. The molecule has 0 spiro atoms. The maximum atomic E-state index is 15.1. The second-order valence-corrected chi connectivity index (χ2v) is 18.4. The number of halogens is 6. The van der Waals surface area contributed by atoms with Gasteiger partial charge in [0.2, 0.25) is 11.8 Å². The molecule has 330 valence electrons. The summed E-state index contributed by atoms with van der Waals surface area (Å²) in [5.41, 5.74) is 2.12. The zero-order chi connectivity index (χ0) is 43.9. The summed E-state index contributed by atoms with van der Waals surface area (Å²) in [5.74, 6) is -4.69. The summed E-state index contributed by atoms with van der Waals surface area (Å²) < 4.78 is 63.1. The molecule has 0 bridgehead atoms. The van der Waals surface area contributed by atoms with E-state index in [1.807, 2.05) is 0 Å². The molecule has 15 heteroatoms. The first-order valence-corrected chi connectivity index (χ1v) is 22.7. The summed E-state index contributed by atoms with van der Waals surface area (Å²) in [6.45, 7) is 0. The third kappa shape index (κ3) is 8.80. The van der Waals surface area contributed by atoms with Crippen molar-refractivity contribution >= 4 is 57.1 Å². The maximum Gasteiger partial charge on any atom is 0.243 e. The number of imidazole rings is 2. The van der Waals surface area contributed by atoms with E-state index in [4.69, 9.17) is 33.2 Å². The van der Waals surface area contributed by atoms with Crippen LogP contribution < -0.4 is 10.6 Å². The van der Waals surface area contributed by atoms with E-state index in [0.29, 0.717) is 71.3 Å². The number of hydrogen-bond acceptors (Lipinski definition) is 5. The maximum absolute atomic E-state index is 15.1. The second-order valence-electron chi connectivity index (χ2n) is 17.5. The van der Waals surface area contributed by atoms with Gasteiger partial charge in [-0.2, -0.15) is 0 Å². The second kappa shape index (κ2) is 18.3. The van der Waals surface area contributed by atoms with Crippen molar-refractivity contribution in [1.29, 1.82) is 0 Å². The Labute approximate surface area is 372 Å². The number of nitrogens with zero attached hydrogens (tertiary/aromatic N) is 4. The number of amides is 2. The van der Waals surface area contributed by atoms with E-state index >= 15 is 18.4 Å². The van der Waals surface area contributed by atoms with Gasteiger partial charge in [0.15, 0.2) is 23.3 Å². The fourth-order valence-corrected chi connectivity index (χ4v) is 10.6. The fourth-order valence-electron chi connectivity index (χ4n) is 10.4. The third-order valence-electron chi connectivity index (χ3n) is 13.4. The molecule has 3 aliphatic rings. The van der Waals surface area contributed by atoms with Crippen LogP contribution in [0.1, 0.15) is 95.6 Å². The van der Waals surface area contributed by atoms with Gasteiger partial charge in [-0.05, 0) is 105 Å². The van der Waals surface area contributed by atoms with Crippen molar-refractivity contribution in [2.45, 2.75) is 114 Å². The molecular weight excluding hydrogens is 855 g/mol. The molecule has 5 unspecified atom stereocenters. The van der Waals surface area contributed by atoms with Crippen molar-refractivity contribution in [1.82, 2.24) is 29.7 Å². The van der Waals surface area contributed by atoms with Gasteiger partial charge >= 0.3 is 0 Å². The van der Waals surface area contributed by atoms with Crippen molar-refractivity contribution in [3.8, 4) is 22.8 Å². The third-order valence-corrected chi connectivity index (χ3v) is 13.9. The van der Waals surface area contributed by atoms with Crippen molar-refractivity contribution in [2.24, 2.45) is 11.8 Å². The van der Waals surface area contributed by atoms with E-state index in [1.165, 1.54) is 0 Å². The van der Waals surface area contributed by atoms with E-state index in [9.17, 15) is 13.9 Å². The van der Waals surface area contributed by atoms with Crippen LogP contribution in [-0.2, 0) is 9.59 Å². The number of nitrogens with one attached hydrogen (secondary N) is 2. The lowest BCUT2D eigenvalue weighted by molar-refractivity contribution is -0.130. The molecule has 3 aliphatic carbocycles. The Balaban J connectivity index is 1.09. The lowest BCUT2D eigenvalue weighted by atomic mass is 9.81. The van der Waals surface area contributed by atoms with E-state index in [0.717, 1.165) is 62.8 Å². The number of benzene rings is 4. The van der Waals surface area contributed by atoms with Crippen molar-refractivity contribution in [3.63, 3.8) is 0 Å². The quantitative estimate of drug-likeness (QED) is 0.119. The molecule has 3 saturated carbocycles. The zero-order valence-electron chi connectivity index (χ0n) is 34.5. The summed E-state index contributed by atoms with van der Waals surface area (Å²) in [4.78, 5) is 39.8. The number of hydrogen-bond donors (Lipinski definition) is 3. The molecule has 0 aliphatic heterocycles. The van der Waals surface area contributed by atoms with Gasteiger partial charge in [0, 0.05) is 51.5 Å². The molecule has 3 N–H and O–H groups in total. The summed E-state index contributed by atoms with van der Waals surface area (Å²) in [6.07, 6.45) is 8.44. The summed E-state index contributed by atoms with van der Waals surface area (Å²) >= 11 is 12.5. The topological polar surface area (TPSA) is 114 Å². The molecule has 2 heterocycles. The van der Waals surface area contributed by atoms with Crippen LogP contribution in [0.3, 0.4) is 0 Å². The number of carbonyl (C=O) groups is 2. The average Bonchev–Trinajstić information content (AvgIpc) is 3.81. The Hall–Kier alpha value is -4.98. The lowest BCUT2D eigenvalue weighted by Gasteiger charge is -2.39. The van der Waals surface area contributed by atoms with Crippen molar-refractivity contribution in [2.75, 3.05) is 0 Å². The van der Waals surface area contributed by atoms with Gasteiger partial charge in [0.05, 0.1) is 34.2 Å². The van der Waals surface area contributed by atoms with Crippen molar-refractivity contribution < 1.29 is 32.3 Å². The average molecular weight is 904 g/mol. The van der Waals surface area contributed by atoms with E-state index in [-0.39, 0.29) is 46.2 Å². The molecule has 0 radical (unpaired) electrons. The fraction of sp³-hybridized carbons (Fsp3) is 0.417. The summed E-state index contributed by atoms with van der Waals surface area (Å²) in [5, 5.41) is 18.6. The standard InChI is InChI=1S/C48H48Cl2F4N6O3/c49-30-15-11-28(12-16-30)45-55-39-22-33(51)35(53)24-41(39)59(45)43(26-7-3-1-4-8-26)47(62)57-37-20-19-32(61)21-38(37)58-48(63)44(27-9-5-2-6-10-27)60-42-25-36(54)34(52)23-40(42)56-46(60)29-13-17-31(50)18-14-29/h11-18,22-27,32,37-38,43-44,61H,1-10,19-21H2,(H,57,62)(H,58,63). The molecule has 3 fully saturated rings. The van der Waals surface area contributed by atoms with E-state index < -0.39 is 59.4 Å². The first kappa shape index (κ1) is 43.3. The van der Waals surface area contributed by atoms with Crippen LogP contribution in [0.15, 0.2) is 72.8 Å². The van der Waals surface area contributed by atoms with Gasteiger partial charge in [-0.25, -0.2) is 27.5 Å². The number of rotatable bonds is 10. The van der Waals surface area contributed by atoms with Gasteiger partial charge in [-0.1, -0.05) is 61.7 Å². The van der Waals surface area contributed by atoms with Crippen LogP contribution in [0, 0.1) is 35.1 Å². The number of aliphatic hydroxyl groups excluding tert-OH is 1. The lowest BCUT2D eigenvalue weighted by Crippen LogP contribution is -2.58. The Kier molecular flexibility index (Phi) is 12.5. The molecule has 4 aromatic carbocycles. The van der Waals surface area contributed by atoms with Gasteiger partial charge in [-0.15, -0.1) is 0 Å². The Morgan fingerprint density at radius 2 is 0.968 bits per heavy atom. The molecule has 9 nitrogen and oxygen atoms in total. The Bertz CT molecular complexity index is 2640. The highest BCUT2D eigenvalue weighted by Gasteiger charge is 2.41. The normalized spacial score (nSPS) is 21.1. The molecule has 9 rings (SSSR count). The first-order chi connectivity index (χ1) is 30.4. The number of aromatic nitrogens is 4. The Morgan fingerprint density at radius 1 is 0.571 bits per heavy atom. The van der Waals surface area contributed by atoms with E-state index in [2.05, 4.69) is 10.6 Å². The minimum atomic E-state index is -1.07. The predicted octanol–water partition coefficient (Wildman–Crippen LogP) is 11.0. The molecule has 2 aromatic heterocycles. The minimum absolute atomic E-state index is 0.144. The molecule has 5 atom stereocenters. The summed E-state index contributed by atoms with van der Waals surface area (Å²) in [6, 6.07) is 14.9. The molecule has 2 amide bonds. The van der Waals surface area contributed by atoms with Crippen LogP contribution >= 0.6 is 23.2 Å². The highest BCUT2D eigenvalue weighted by Crippen LogP contribution is 2.42. The van der Waals surface area contributed by atoms with Gasteiger partial charge in [0.25, 0.3) is 0 Å². The van der Waals surface area contributed by atoms with Crippen LogP contribution in [0.4, 0.5) is 17.6 Å². The Morgan fingerprint density at radius 3 is 1.40 bits per heavy atom. The van der Waals surface area contributed by atoms with Gasteiger partial charge < -0.3 is 24.9 Å². The van der Waals surface area contributed by atoms with Crippen LogP contribution in [0.2, 0.25) is 10.0 Å². The smallest absolute Gasteiger partial charge is 0.243 e. The van der Waals surface area contributed by atoms with Crippen LogP contribution in [0.25, 0.3) is 44.8 Å². The SMILES string of the molecule is O=C(NC1CCC(O)CC1NC(=O)C(C1CCCCC1)n1c(-c2ccc(Cl)cc2)nc2cc(F)c(F)cc21)C(C1CCCCC1)n1c(-c2ccc(Cl)cc2)nc2cc(F)c(F)cc21. The van der Waals surface area contributed by atoms with Crippen LogP contribution in [0.5, 0.6) is 0 Å². The zero-order valence-corrected chi connectivity index (χ0v) is 36.0. The predicted molar refractivity (Wildman–Crippen MR) is 235 cm³/mol. The van der Waals surface area contributed by atoms with Gasteiger partial charge in [-0.3, -0.25) is 9.59 Å². The van der Waals surface area contributed by atoms with E-state index in [1.54, 1.807) is 57.7 Å². The van der Waals surface area contributed by atoms with Gasteiger partial charge in [0.1, 0.15) is 23.7 Å². The number of aliphatic hydroxyl groups is 1.